The number of fused-ring (bicyclic) bond motifs is 1. The van der Waals surface area contributed by atoms with Crippen molar-refractivity contribution in [1.82, 2.24) is 20.3 Å². The van der Waals surface area contributed by atoms with Crippen LogP contribution in [0.15, 0.2) is 30.9 Å². The third kappa shape index (κ3) is 3.58. The molecule has 4 rings (SSSR count). The SMILES string of the molecule is Cc1sc2ncnc(N3CCC(C(=O)N[C@@H](C)c4cccnc4)CC3)c2c1C. The molecule has 1 aliphatic rings. The van der Waals surface area contributed by atoms with Gasteiger partial charge in [-0.15, -0.1) is 11.3 Å². The van der Waals surface area contributed by atoms with E-state index in [0.29, 0.717) is 0 Å². The van der Waals surface area contributed by atoms with Crippen LogP contribution in [0.3, 0.4) is 0 Å². The summed E-state index contributed by atoms with van der Waals surface area (Å²) in [6.45, 7) is 7.94. The number of pyridine rings is 1. The molecule has 1 fully saturated rings. The number of anilines is 1. The monoisotopic (exact) mass is 395 g/mol. The maximum absolute atomic E-state index is 12.7. The molecule has 0 bridgehead atoms. The molecule has 0 unspecified atom stereocenters. The number of aromatic nitrogens is 3. The first kappa shape index (κ1) is 18.8. The fourth-order valence-corrected chi connectivity index (χ4v) is 4.80. The Bertz CT molecular complexity index is 979. The number of piperidine rings is 1. The average Bonchev–Trinajstić information content (AvgIpc) is 3.02. The minimum atomic E-state index is -0.0304. The lowest BCUT2D eigenvalue weighted by Gasteiger charge is -2.33. The van der Waals surface area contributed by atoms with Gasteiger partial charge in [0.15, 0.2) is 0 Å². The van der Waals surface area contributed by atoms with Gasteiger partial charge in [0.05, 0.1) is 11.4 Å². The van der Waals surface area contributed by atoms with Gasteiger partial charge in [0.1, 0.15) is 17.0 Å². The van der Waals surface area contributed by atoms with Crippen molar-refractivity contribution in [2.75, 3.05) is 18.0 Å². The van der Waals surface area contributed by atoms with E-state index >= 15 is 0 Å². The highest BCUT2D eigenvalue weighted by Gasteiger charge is 2.28. The van der Waals surface area contributed by atoms with E-state index in [1.54, 1.807) is 30.1 Å². The van der Waals surface area contributed by atoms with E-state index in [1.807, 2.05) is 19.1 Å². The van der Waals surface area contributed by atoms with Gasteiger partial charge in [0.25, 0.3) is 0 Å². The van der Waals surface area contributed by atoms with Crippen LogP contribution in [0.4, 0.5) is 5.82 Å². The Morgan fingerprint density at radius 1 is 1.29 bits per heavy atom. The van der Waals surface area contributed by atoms with Crippen LogP contribution >= 0.6 is 11.3 Å². The highest BCUT2D eigenvalue weighted by Crippen LogP contribution is 2.35. The van der Waals surface area contributed by atoms with Crippen molar-refractivity contribution in [3.63, 3.8) is 0 Å². The van der Waals surface area contributed by atoms with Gasteiger partial charge in [-0.2, -0.15) is 0 Å². The molecule has 1 saturated heterocycles. The quantitative estimate of drug-likeness (QED) is 0.728. The Labute approximate surface area is 169 Å². The van der Waals surface area contributed by atoms with Gasteiger partial charge in [-0.3, -0.25) is 9.78 Å². The second kappa shape index (κ2) is 7.83. The Balaban J connectivity index is 1.42. The molecule has 1 N–H and O–H groups in total. The van der Waals surface area contributed by atoms with Crippen LogP contribution in [0.2, 0.25) is 0 Å². The predicted molar refractivity (Wildman–Crippen MR) is 113 cm³/mol. The number of thiophene rings is 1. The van der Waals surface area contributed by atoms with Gasteiger partial charge in [-0.25, -0.2) is 9.97 Å². The molecule has 0 spiro atoms. The normalized spacial score (nSPS) is 16.3. The first-order valence-corrected chi connectivity index (χ1v) is 10.5. The molecular weight excluding hydrogens is 370 g/mol. The van der Waals surface area contributed by atoms with E-state index < -0.39 is 0 Å². The number of carbonyl (C=O) groups is 1. The van der Waals surface area contributed by atoms with Crippen molar-refractivity contribution in [2.45, 2.75) is 39.7 Å². The van der Waals surface area contributed by atoms with E-state index in [1.165, 1.54) is 10.4 Å². The molecule has 146 valence electrons. The van der Waals surface area contributed by atoms with Gasteiger partial charge in [-0.05, 0) is 50.8 Å². The number of nitrogens with zero attached hydrogens (tertiary/aromatic N) is 4. The van der Waals surface area contributed by atoms with Crippen molar-refractivity contribution < 1.29 is 4.79 Å². The molecule has 4 heterocycles. The largest absolute Gasteiger partial charge is 0.356 e. The zero-order valence-electron chi connectivity index (χ0n) is 16.5. The lowest BCUT2D eigenvalue weighted by Crippen LogP contribution is -2.41. The molecule has 0 radical (unpaired) electrons. The summed E-state index contributed by atoms with van der Waals surface area (Å²) in [6, 6.07) is 3.86. The molecule has 28 heavy (non-hydrogen) atoms. The topological polar surface area (TPSA) is 71.0 Å². The number of nitrogens with one attached hydrogen (secondary N) is 1. The summed E-state index contributed by atoms with van der Waals surface area (Å²) in [4.78, 5) is 30.5. The maximum atomic E-state index is 12.7. The zero-order valence-corrected chi connectivity index (χ0v) is 17.3. The summed E-state index contributed by atoms with van der Waals surface area (Å²) in [5.41, 5.74) is 2.29. The van der Waals surface area contributed by atoms with Crippen molar-refractivity contribution >= 4 is 33.3 Å². The van der Waals surface area contributed by atoms with Crippen molar-refractivity contribution in [2.24, 2.45) is 5.92 Å². The van der Waals surface area contributed by atoms with Gasteiger partial charge in [-0.1, -0.05) is 6.07 Å². The molecule has 6 nitrogen and oxygen atoms in total. The summed E-state index contributed by atoms with van der Waals surface area (Å²) in [5.74, 6) is 1.18. The van der Waals surface area contributed by atoms with Crippen LogP contribution < -0.4 is 10.2 Å². The summed E-state index contributed by atoms with van der Waals surface area (Å²) in [6.07, 6.45) is 6.87. The van der Waals surface area contributed by atoms with Crippen molar-refractivity contribution in [1.29, 1.82) is 0 Å². The second-order valence-corrected chi connectivity index (χ2v) is 8.64. The first-order valence-electron chi connectivity index (χ1n) is 9.70. The number of aryl methyl sites for hydroxylation is 2. The average molecular weight is 396 g/mol. The molecule has 1 amide bonds. The summed E-state index contributed by atoms with van der Waals surface area (Å²) in [7, 11) is 0. The van der Waals surface area contributed by atoms with E-state index in [9.17, 15) is 4.79 Å². The standard InChI is InChI=1S/C21H25N5OS/c1-13-15(3)28-21-18(13)19(23-12-24-21)26-9-6-16(7-10-26)20(27)25-14(2)17-5-4-8-22-11-17/h4-5,8,11-12,14,16H,6-7,9-10H2,1-3H3,(H,25,27)/t14-/m0/s1. The minimum absolute atomic E-state index is 0.0304. The third-order valence-corrected chi connectivity index (χ3v) is 6.77. The molecule has 0 aliphatic carbocycles. The maximum Gasteiger partial charge on any atom is 0.223 e. The van der Waals surface area contributed by atoms with Crippen LogP contribution in [0.25, 0.3) is 10.2 Å². The van der Waals surface area contributed by atoms with E-state index in [4.69, 9.17) is 0 Å². The molecule has 0 saturated carbocycles. The summed E-state index contributed by atoms with van der Waals surface area (Å²) in [5, 5.41) is 4.31. The molecular formula is C21H25N5OS. The van der Waals surface area contributed by atoms with Crippen molar-refractivity contribution in [3.05, 3.63) is 46.9 Å². The predicted octanol–water partition coefficient (Wildman–Crippen LogP) is 3.80. The van der Waals surface area contributed by atoms with Gasteiger partial charge in [0, 0.05) is 36.3 Å². The van der Waals surface area contributed by atoms with Crippen LogP contribution in [0.1, 0.15) is 41.8 Å². The Morgan fingerprint density at radius 3 is 2.79 bits per heavy atom. The fourth-order valence-electron chi connectivity index (χ4n) is 3.80. The second-order valence-electron chi connectivity index (χ2n) is 7.44. The van der Waals surface area contributed by atoms with Crippen LogP contribution in [-0.4, -0.2) is 33.9 Å². The van der Waals surface area contributed by atoms with E-state index in [2.05, 4.69) is 39.0 Å². The van der Waals surface area contributed by atoms with Crippen molar-refractivity contribution in [3.8, 4) is 0 Å². The Kier molecular flexibility index (Phi) is 5.26. The lowest BCUT2D eigenvalue weighted by molar-refractivity contribution is -0.126. The summed E-state index contributed by atoms with van der Waals surface area (Å²) < 4.78 is 0. The third-order valence-electron chi connectivity index (χ3n) is 5.65. The lowest BCUT2D eigenvalue weighted by atomic mass is 9.95. The summed E-state index contributed by atoms with van der Waals surface area (Å²) >= 11 is 1.72. The Morgan fingerprint density at radius 2 is 2.07 bits per heavy atom. The molecule has 7 heteroatoms. The zero-order chi connectivity index (χ0) is 19.7. The van der Waals surface area contributed by atoms with Crippen LogP contribution in [0, 0.1) is 19.8 Å². The highest BCUT2D eigenvalue weighted by atomic mass is 32.1. The van der Waals surface area contributed by atoms with E-state index in [0.717, 1.165) is 47.5 Å². The minimum Gasteiger partial charge on any atom is -0.356 e. The molecule has 0 aromatic carbocycles. The van der Waals surface area contributed by atoms with Crippen LogP contribution in [0.5, 0.6) is 0 Å². The van der Waals surface area contributed by atoms with Crippen LogP contribution in [-0.2, 0) is 4.79 Å². The van der Waals surface area contributed by atoms with Gasteiger partial charge in [0.2, 0.25) is 5.91 Å². The number of hydrogen-bond donors (Lipinski definition) is 1. The molecule has 1 atom stereocenters. The number of hydrogen-bond acceptors (Lipinski definition) is 6. The van der Waals surface area contributed by atoms with Gasteiger partial charge < -0.3 is 10.2 Å². The number of amides is 1. The highest BCUT2D eigenvalue weighted by molar-refractivity contribution is 7.18. The first-order chi connectivity index (χ1) is 13.5. The molecule has 3 aromatic rings. The molecule has 3 aromatic heterocycles. The fraction of sp³-hybridized carbons (Fsp3) is 0.429. The molecule has 1 aliphatic heterocycles. The Hall–Kier alpha value is -2.54. The smallest absolute Gasteiger partial charge is 0.223 e. The van der Waals surface area contributed by atoms with E-state index in [-0.39, 0.29) is 17.9 Å². The number of carbonyl (C=O) groups excluding carboxylic acids is 1. The van der Waals surface area contributed by atoms with Gasteiger partial charge >= 0.3 is 0 Å². The number of rotatable bonds is 4.